The highest BCUT2D eigenvalue weighted by atomic mass is 79.9. The van der Waals surface area contributed by atoms with Crippen molar-refractivity contribution in [3.8, 4) is 11.1 Å². The molecule has 2 saturated heterocycles. The largest absolute Gasteiger partial charge is 0.441 e. The molecule has 0 atom stereocenters. The highest BCUT2D eigenvalue weighted by Gasteiger charge is 2.47. The van der Waals surface area contributed by atoms with Crippen LogP contribution in [0, 0.1) is 6.92 Å². The maximum absolute atomic E-state index is 13.0. The first-order valence-corrected chi connectivity index (χ1v) is 12.4. The summed E-state index contributed by atoms with van der Waals surface area (Å²) in [5.74, 6) is 0.0309. The Bertz CT molecular complexity index is 1220. The van der Waals surface area contributed by atoms with Crippen molar-refractivity contribution in [1.82, 2.24) is 9.80 Å². The van der Waals surface area contributed by atoms with Gasteiger partial charge in [-0.25, -0.2) is 4.79 Å². The van der Waals surface area contributed by atoms with Gasteiger partial charge in [-0.15, -0.1) is 0 Å². The molecule has 2 amide bonds. The molecule has 2 aliphatic rings. The Morgan fingerprint density at radius 2 is 1.71 bits per heavy atom. The van der Waals surface area contributed by atoms with E-state index in [-0.39, 0.29) is 12.0 Å². The third kappa shape index (κ3) is 4.47. The van der Waals surface area contributed by atoms with E-state index in [9.17, 15) is 9.59 Å². The number of nitrogens with zero attached hydrogens (tertiary/aromatic N) is 2. The summed E-state index contributed by atoms with van der Waals surface area (Å²) in [4.78, 5) is 29.5. The molecule has 0 saturated carbocycles. The van der Waals surface area contributed by atoms with Crippen LogP contribution in [0.5, 0.6) is 0 Å². The number of hydrogen-bond acceptors (Lipinski definition) is 3. The molecule has 2 aliphatic heterocycles. The second kappa shape index (κ2) is 9.26. The van der Waals surface area contributed by atoms with Gasteiger partial charge in [0.15, 0.2) is 0 Å². The molecule has 0 unspecified atom stereocenters. The second-order valence-corrected chi connectivity index (χ2v) is 10.0. The summed E-state index contributed by atoms with van der Waals surface area (Å²) >= 11 is 3.49. The zero-order chi connectivity index (χ0) is 23.7. The number of hydrogen-bond donors (Lipinski definition) is 0. The summed E-state index contributed by atoms with van der Waals surface area (Å²) in [5, 5.41) is 0. The Hall–Kier alpha value is -3.12. The van der Waals surface area contributed by atoms with Gasteiger partial charge in [-0.3, -0.25) is 9.69 Å². The van der Waals surface area contributed by atoms with Crippen LogP contribution < -0.4 is 0 Å². The fourth-order valence-corrected chi connectivity index (χ4v) is 5.16. The quantitative estimate of drug-likeness (QED) is 0.422. The van der Waals surface area contributed by atoms with Crippen molar-refractivity contribution in [2.45, 2.75) is 31.9 Å². The van der Waals surface area contributed by atoms with Gasteiger partial charge >= 0.3 is 6.09 Å². The van der Waals surface area contributed by atoms with Crippen LogP contribution in [0.1, 0.15) is 34.3 Å². The maximum atomic E-state index is 13.0. The molecule has 2 heterocycles. The first-order valence-electron chi connectivity index (χ1n) is 11.6. The van der Waals surface area contributed by atoms with Crippen molar-refractivity contribution < 1.29 is 14.3 Å². The third-order valence-corrected chi connectivity index (χ3v) is 7.76. The van der Waals surface area contributed by atoms with Crippen molar-refractivity contribution in [2.75, 3.05) is 19.6 Å². The number of aryl methyl sites for hydroxylation is 1. The molecule has 6 heteroatoms. The normalized spacial score (nSPS) is 17.2. The number of likely N-dealkylation sites (tertiary alicyclic amines) is 1. The van der Waals surface area contributed by atoms with Crippen LogP contribution in [0.4, 0.5) is 4.79 Å². The molecule has 5 rings (SSSR count). The van der Waals surface area contributed by atoms with Crippen LogP contribution in [-0.4, -0.2) is 47.0 Å². The van der Waals surface area contributed by atoms with Crippen molar-refractivity contribution in [2.24, 2.45) is 0 Å². The van der Waals surface area contributed by atoms with Gasteiger partial charge in [0.25, 0.3) is 5.91 Å². The Balaban J connectivity index is 1.26. The smallest absolute Gasteiger partial charge is 0.410 e. The van der Waals surface area contributed by atoms with E-state index in [1.807, 2.05) is 60.4 Å². The van der Waals surface area contributed by atoms with Crippen molar-refractivity contribution >= 4 is 27.9 Å². The summed E-state index contributed by atoms with van der Waals surface area (Å²) in [7, 11) is 0. The van der Waals surface area contributed by atoms with E-state index in [0.29, 0.717) is 44.6 Å². The molecule has 174 valence electrons. The number of halogens is 1. The lowest BCUT2D eigenvalue weighted by atomic mass is 9.90. The van der Waals surface area contributed by atoms with Crippen LogP contribution in [0.2, 0.25) is 0 Å². The van der Waals surface area contributed by atoms with Gasteiger partial charge in [0.2, 0.25) is 0 Å². The molecule has 0 bridgehead atoms. The molecule has 5 nitrogen and oxygen atoms in total. The standard InChI is InChI=1S/C28H27BrN2O3/c1-20-17-22(11-12-25(20)29)26(32)30-15-13-28(14-16-30)19-31(27(33)34-28)18-23-9-5-6-10-24(23)21-7-3-2-4-8-21/h2-12,17H,13-16,18-19H2,1H3. The van der Waals surface area contributed by atoms with Crippen LogP contribution in [0.25, 0.3) is 11.1 Å². The fraction of sp³-hybridized carbons (Fsp3) is 0.286. The van der Waals surface area contributed by atoms with Gasteiger partial charge in [0.1, 0.15) is 5.60 Å². The van der Waals surface area contributed by atoms with Gasteiger partial charge in [0, 0.05) is 42.5 Å². The lowest BCUT2D eigenvalue weighted by molar-refractivity contribution is 0.00312. The van der Waals surface area contributed by atoms with E-state index < -0.39 is 5.60 Å². The van der Waals surface area contributed by atoms with Crippen LogP contribution in [0.15, 0.2) is 77.3 Å². The van der Waals surface area contributed by atoms with E-state index in [2.05, 4.69) is 40.2 Å². The fourth-order valence-electron chi connectivity index (χ4n) is 4.92. The van der Waals surface area contributed by atoms with Gasteiger partial charge in [-0.05, 0) is 47.4 Å². The van der Waals surface area contributed by atoms with Gasteiger partial charge in [-0.1, -0.05) is 70.5 Å². The monoisotopic (exact) mass is 518 g/mol. The van der Waals surface area contributed by atoms with E-state index in [1.54, 1.807) is 4.90 Å². The summed E-state index contributed by atoms with van der Waals surface area (Å²) in [6, 6.07) is 24.1. The maximum Gasteiger partial charge on any atom is 0.410 e. The first kappa shape index (κ1) is 22.7. The Morgan fingerprint density at radius 1 is 1.00 bits per heavy atom. The van der Waals surface area contributed by atoms with Crippen molar-refractivity contribution in [1.29, 1.82) is 0 Å². The summed E-state index contributed by atoms with van der Waals surface area (Å²) in [6.45, 7) is 4.20. The Kier molecular flexibility index (Phi) is 6.17. The topological polar surface area (TPSA) is 49.9 Å². The molecule has 0 aliphatic carbocycles. The number of piperidine rings is 1. The minimum Gasteiger partial charge on any atom is -0.441 e. The number of carbonyl (C=O) groups is 2. The van der Waals surface area contributed by atoms with Gasteiger partial charge in [-0.2, -0.15) is 0 Å². The predicted octanol–water partition coefficient (Wildman–Crippen LogP) is 6.05. The Labute approximate surface area is 208 Å². The van der Waals surface area contributed by atoms with Crippen LogP contribution >= 0.6 is 15.9 Å². The number of benzene rings is 3. The number of amides is 2. The second-order valence-electron chi connectivity index (χ2n) is 9.19. The summed E-state index contributed by atoms with van der Waals surface area (Å²) in [5.41, 5.74) is 4.57. The molecule has 3 aromatic rings. The molecular formula is C28H27BrN2O3. The summed E-state index contributed by atoms with van der Waals surface area (Å²) < 4.78 is 6.93. The van der Waals surface area contributed by atoms with E-state index in [0.717, 1.165) is 26.7 Å². The molecule has 1 spiro atoms. The van der Waals surface area contributed by atoms with Gasteiger partial charge in [0.05, 0.1) is 6.54 Å². The molecule has 0 N–H and O–H groups in total. The lowest BCUT2D eigenvalue weighted by Gasteiger charge is -2.37. The number of rotatable bonds is 4. The number of ether oxygens (including phenoxy) is 1. The highest BCUT2D eigenvalue weighted by molar-refractivity contribution is 9.10. The van der Waals surface area contributed by atoms with E-state index in [1.165, 1.54) is 0 Å². The van der Waals surface area contributed by atoms with Crippen molar-refractivity contribution in [3.63, 3.8) is 0 Å². The van der Waals surface area contributed by atoms with Crippen molar-refractivity contribution in [3.05, 3.63) is 94.0 Å². The lowest BCUT2D eigenvalue weighted by Crippen LogP contribution is -2.48. The molecule has 0 radical (unpaired) electrons. The molecule has 3 aromatic carbocycles. The predicted molar refractivity (Wildman–Crippen MR) is 136 cm³/mol. The highest BCUT2D eigenvalue weighted by Crippen LogP contribution is 2.35. The number of carbonyl (C=O) groups excluding carboxylic acids is 2. The molecular weight excluding hydrogens is 492 g/mol. The minimum absolute atomic E-state index is 0.0309. The van der Waals surface area contributed by atoms with Crippen LogP contribution in [0.3, 0.4) is 0 Å². The van der Waals surface area contributed by atoms with Gasteiger partial charge < -0.3 is 9.64 Å². The molecule has 0 aromatic heterocycles. The average Bonchev–Trinajstić information content (AvgIpc) is 3.15. The third-order valence-electron chi connectivity index (χ3n) is 6.87. The Morgan fingerprint density at radius 3 is 2.44 bits per heavy atom. The molecule has 34 heavy (non-hydrogen) atoms. The first-order chi connectivity index (χ1) is 16.4. The zero-order valence-electron chi connectivity index (χ0n) is 19.2. The average molecular weight is 519 g/mol. The minimum atomic E-state index is -0.523. The van der Waals surface area contributed by atoms with E-state index >= 15 is 0 Å². The summed E-state index contributed by atoms with van der Waals surface area (Å²) in [6.07, 6.45) is 1.03. The SMILES string of the molecule is Cc1cc(C(=O)N2CCC3(CC2)CN(Cc2ccccc2-c2ccccc2)C(=O)O3)ccc1Br. The molecule has 2 fully saturated rings. The van der Waals surface area contributed by atoms with Crippen LogP contribution in [-0.2, 0) is 11.3 Å². The zero-order valence-corrected chi connectivity index (χ0v) is 20.8. The van der Waals surface area contributed by atoms with E-state index in [4.69, 9.17) is 4.74 Å².